The van der Waals surface area contributed by atoms with Crippen molar-refractivity contribution < 1.29 is 17.9 Å². The molecule has 8 nitrogen and oxygen atoms in total. The fraction of sp³-hybridized carbons (Fsp3) is 0.348. The topological polar surface area (TPSA) is 101 Å². The Morgan fingerprint density at radius 1 is 1.18 bits per heavy atom. The summed E-state index contributed by atoms with van der Waals surface area (Å²) in [5.74, 6) is 0.920. The second-order valence-electron chi connectivity index (χ2n) is 7.78. The maximum absolute atomic E-state index is 13.2. The molecule has 2 aromatic carbocycles. The lowest BCUT2D eigenvalue weighted by atomic mass is 10.1. The van der Waals surface area contributed by atoms with Gasteiger partial charge in [0.1, 0.15) is 5.75 Å². The number of thioether (sulfide) groups is 1. The van der Waals surface area contributed by atoms with Gasteiger partial charge in [-0.1, -0.05) is 65.6 Å². The highest BCUT2D eigenvalue weighted by molar-refractivity contribution is 8.01. The zero-order chi connectivity index (χ0) is 24.0. The van der Waals surface area contributed by atoms with Crippen LogP contribution >= 0.6 is 23.1 Å². The van der Waals surface area contributed by atoms with Crippen LogP contribution in [0.3, 0.4) is 0 Å². The first-order valence-electron chi connectivity index (χ1n) is 10.9. The molecule has 1 fully saturated rings. The van der Waals surface area contributed by atoms with E-state index in [0.29, 0.717) is 29.0 Å². The van der Waals surface area contributed by atoms with Crippen molar-refractivity contribution in [3.63, 3.8) is 0 Å². The Morgan fingerprint density at radius 2 is 1.94 bits per heavy atom. The molecule has 0 spiro atoms. The molecule has 0 radical (unpaired) electrons. The summed E-state index contributed by atoms with van der Waals surface area (Å²) in [6.45, 7) is 2.87. The van der Waals surface area contributed by atoms with Crippen molar-refractivity contribution in [3.8, 4) is 5.75 Å². The number of hydrogen-bond donors (Lipinski definition) is 1. The van der Waals surface area contributed by atoms with Crippen LogP contribution in [-0.4, -0.2) is 59.3 Å². The van der Waals surface area contributed by atoms with Crippen molar-refractivity contribution in [2.24, 2.45) is 0 Å². The number of aromatic nitrogens is 2. The van der Waals surface area contributed by atoms with E-state index < -0.39 is 9.84 Å². The highest BCUT2D eigenvalue weighted by Gasteiger charge is 2.34. The molecule has 1 amide bonds. The number of carbonyl (C=O) groups is 1. The van der Waals surface area contributed by atoms with Crippen LogP contribution in [0.1, 0.15) is 18.9 Å². The fourth-order valence-corrected chi connectivity index (χ4v) is 7.09. The molecule has 0 unspecified atom stereocenters. The first-order valence-corrected chi connectivity index (χ1v) is 14.5. The van der Waals surface area contributed by atoms with Crippen LogP contribution in [0.2, 0.25) is 0 Å². The first kappa shape index (κ1) is 24.5. The minimum absolute atomic E-state index is 0.0162. The van der Waals surface area contributed by atoms with Crippen LogP contribution in [0.5, 0.6) is 5.75 Å². The van der Waals surface area contributed by atoms with Crippen molar-refractivity contribution in [3.05, 3.63) is 60.2 Å². The Labute approximate surface area is 207 Å². The molecule has 2 heterocycles. The van der Waals surface area contributed by atoms with Crippen LogP contribution in [0.4, 0.5) is 10.8 Å². The lowest BCUT2D eigenvalue weighted by molar-refractivity contribution is -0.130. The minimum Gasteiger partial charge on any atom is -0.492 e. The van der Waals surface area contributed by atoms with Gasteiger partial charge < -0.3 is 15.0 Å². The van der Waals surface area contributed by atoms with Crippen LogP contribution in [0.25, 0.3) is 0 Å². The molecule has 1 N–H and O–H groups in total. The van der Waals surface area contributed by atoms with Crippen LogP contribution < -0.4 is 10.1 Å². The summed E-state index contributed by atoms with van der Waals surface area (Å²) in [5.41, 5.74) is 1.77. The van der Waals surface area contributed by atoms with Crippen molar-refractivity contribution in [2.45, 2.75) is 30.3 Å². The van der Waals surface area contributed by atoms with E-state index in [2.05, 4.69) is 15.5 Å². The zero-order valence-electron chi connectivity index (χ0n) is 18.7. The normalized spacial score (nSPS) is 16.8. The van der Waals surface area contributed by atoms with Gasteiger partial charge in [0, 0.05) is 12.6 Å². The van der Waals surface area contributed by atoms with Gasteiger partial charge in [-0.05, 0) is 31.0 Å². The summed E-state index contributed by atoms with van der Waals surface area (Å²) in [7, 11) is -3.11. The molecule has 4 rings (SSSR count). The van der Waals surface area contributed by atoms with E-state index in [9.17, 15) is 13.2 Å². The average Bonchev–Trinajstić information content (AvgIpc) is 3.43. The number of rotatable bonds is 10. The maximum Gasteiger partial charge on any atom is 0.233 e. The number of nitrogens with zero attached hydrogens (tertiary/aromatic N) is 3. The number of ether oxygens (including phenoxy) is 1. The van der Waals surface area contributed by atoms with Gasteiger partial charge in [-0.15, -0.1) is 10.2 Å². The Balaban J connectivity index is 1.40. The Hall–Kier alpha value is -2.63. The third kappa shape index (κ3) is 6.49. The highest BCUT2D eigenvalue weighted by Crippen LogP contribution is 2.32. The Morgan fingerprint density at radius 3 is 2.68 bits per heavy atom. The van der Waals surface area contributed by atoms with Crippen molar-refractivity contribution >= 4 is 49.7 Å². The summed E-state index contributed by atoms with van der Waals surface area (Å²) in [6.07, 6.45) is 0.470. The molecule has 180 valence electrons. The molecule has 34 heavy (non-hydrogen) atoms. The van der Waals surface area contributed by atoms with E-state index in [0.717, 1.165) is 17.0 Å². The maximum atomic E-state index is 13.2. The van der Waals surface area contributed by atoms with Crippen LogP contribution in [0.15, 0.2) is 58.9 Å². The number of benzene rings is 2. The summed E-state index contributed by atoms with van der Waals surface area (Å²) >= 11 is 2.66. The fourth-order valence-electron chi connectivity index (χ4n) is 3.71. The average molecular weight is 519 g/mol. The number of nitrogens with one attached hydrogen (secondary N) is 1. The third-order valence-electron chi connectivity index (χ3n) is 5.32. The molecule has 1 atom stereocenters. The molecule has 1 saturated heterocycles. The molecular formula is C23H26N4O4S3. The molecule has 0 bridgehead atoms. The van der Waals surface area contributed by atoms with Gasteiger partial charge in [-0.2, -0.15) is 0 Å². The predicted octanol–water partition coefficient (Wildman–Crippen LogP) is 3.99. The van der Waals surface area contributed by atoms with E-state index in [1.54, 1.807) is 4.90 Å². The van der Waals surface area contributed by atoms with Crippen molar-refractivity contribution in [1.82, 2.24) is 15.1 Å². The van der Waals surface area contributed by atoms with E-state index in [1.165, 1.54) is 23.1 Å². The second-order valence-corrected chi connectivity index (χ2v) is 12.2. The molecular weight excluding hydrogens is 492 g/mol. The zero-order valence-corrected chi connectivity index (χ0v) is 21.2. The molecule has 3 aromatic rings. The molecule has 1 aromatic heterocycles. The van der Waals surface area contributed by atoms with Crippen LogP contribution in [-0.2, 0) is 21.2 Å². The van der Waals surface area contributed by atoms with Gasteiger partial charge in [0.15, 0.2) is 14.2 Å². The number of carbonyl (C=O) groups excluding carboxylic acids is 1. The van der Waals surface area contributed by atoms with Gasteiger partial charge in [0.2, 0.25) is 11.0 Å². The van der Waals surface area contributed by atoms with Gasteiger partial charge in [0.05, 0.1) is 29.6 Å². The summed E-state index contributed by atoms with van der Waals surface area (Å²) in [6, 6.07) is 16.9. The van der Waals surface area contributed by atoms with Gasteiger partial charge in [-0.3, -0.25) is 4.79 Å². The lowest BCUT2D eigenvalue weighted by Gasteiger charge is -2.28. The second kappa shape index (κ2) is 11.2. The summed E-state index contributed by atoms with van der Waals surface area (Å²) < 4.78 is 30.4. The SMILES string of the molecule is CCOc1ccccc1Nc1nnc(SCC(=O)N(Cc2ccccc2)[C@H]2CCS(=O)(=O)C2)s1. The minimum atomic E-state index is -3.11. The van der Waals surface area contributed by atoms with Gasteiger partial charge in [-0.25, -0.2) is 8.42 Å². The summed E-state index contributed by atoms with van der Waals surface area (Å²) in [4.78, 5) is 14.9. The molecule has 1 aliphatic rings. The predicted molar refractivity (Wildman–Crippen MR) is 136 cm³/mol. The smallest absolute Gasteiger partial charge is 0.233 e. The first-order chi connectivity index (χ1) is 16.4. The number of anilines is 2. The molecule has 1 aliphatic heterocycles. The van der Waals surface area contributed by atoms with Gasteiger partial charge >= 0.3 is 0 Å². The molecule has 0 aliphatic carbocycles. The standard InChI is InChI=1S/C23H26N4O4S3/c1-2-31-20-11-7-6-10-19(20)24-22-25-26-23(33-22)32-15-21(28)27(14-17-8-4-3-5-9-17)18-12-13-34(29,30)16-18/h3-11,18H,2,12-16H2,1H3,(H,24,25)/t18-/m0/s1. The van der Waals surface area contributed by atoms with E-state index in [-0.39, 0.29) is 29.2 Å². The molecule has 0 saturated carbocycles. The van der Waals surface area contributed by atoms with Crippen LogP contribution in [0, 0.1) is 0 Å². The monoisotopic (exact) mass is 518 g/mol. The molecule has 11 heteroatoms. The van der Waals surface area contributed by atoms with Crippen molar-refractivity contribution in [2.75, 3.05) is 29.2 Å². The van der Waals surface area contributed by atoms with Crippen molar-refractivity contribution in [1.29, 1.82) is 0 Å². The largest absolute Gasteiger partial charge is 0.492 e. The van der Waals surface area contributed by atoms with E-state index in [1.807, 2.05) is 61.5 Å². The summed E-state index contributed by atoms with van der Waals surface area (Å²) in [5, 5.41) is 12.2. The van der Waals surface area contributed by atoms with E-state index in [4.69, 9.17) is 4.74 Å². The van der Waals surface area contributed by atoms with E-state index >= 15 is 0 Å². The van der Waals surface area contributed by atoms with Gasteiger partial charge in [0.25, 0.3) is 0 Å². The quantitative estimate of drug-likeness (QED) is 0.402. The number of para-hydroxylation sites is 2. The highest BCUT2D eigenvalue weighted by atomic mass is 32.2. The number of sulfone groups is 1. The Bertz CT molecular complexity index is 1220. The third-order valence-corrected chi connectivity index (χ3v) is 9.03. The Kier molecular flexibility index (Phi) is 8.07. The number of hydrogen-bond acceptors (Lipinski definition) is 9. The lowest BCUT2D eigenvalue weighted by Crippen LogP contribution is -2.41. The number of amides is 1.